The van der Waals surface area contributed by atoms with E-state index in [2.05, 4.69) is 24.9 Å². The third kappa shape index (κ3) is 3.10. The van der Waals surface area contributed by atoms with Gasteiger partial charge in [-0.25, -0.2) is 24.3 Å². The van der Waals surface area contributed by atoms with E-state index in [-0.39, 0.29) is 5.82 Å². The Bertz CT molecular complexity index is 989. The number of aromatic nitrogens is 5. The molecule has 0 fully saturated rings. The van der Waals surface area contributed by atoms with E-state index in [1.165, 1.54) is 18.5 Å². The highest BCUT2D eigenvalue weighted by Crippen LogP contribution is 2.30. The normalized spacial score (nSPS) is 10.6. The number of hydrogen-bond donors (Lipinski definition) is 0. The van der Waals surface area contributed by atoms with Crippen molar-refractivity contribution >= 4 is 0 Å². The van der Waals surface area contributed by atoms with Crippen LogP contribution in [0.15, 0.2) is 73.6 Å². The Labute approximate surface area is 143 Å². The summed E-state index contributed by atoms with van der Waals surface area (Å²) in [6, 6.07) is 11.7. The molecule has 120 valence electrons. The lowest BCUT2D eigenvalue weighted by atomic mass is 10.0. The van der Waals surface area contributed by atoms with Crippen LogP contribution >= 0.6 is 0 Å². The van der Waals surface area contributed by atoms with Crippen molar-refractivity contribution in [2.24, 2.45) is 0 Å². The van der Waals surface area contributed by atoms with E-state index >= 15 is 0 Å². The average molecular weight is 329 g/mol. The van der Waals surface area contributed by atoms with E-state index in [0.717, 1.165) is 16.7 Å². The third-order valence-electron chi connectivity index (χ3n) is 3.68. The zero-order valence-corrected chi connectivity index (χ0v) is 13.0. The Kier molecular flexibility index (Phi) is 3.92. The predicted octanol–water partition coefficient (Wildman–Crippen LogP) is 3.80. The van der Waals surface area contributed by atoms with Crippen LogP contribution in [0, 0.1) is 5.82 Å². The maximum atomic E-state index is 13.3. The summed E-state index contributed by atoms with van der Waals surface area (Å²) in [6.07, 6.45) is 8.24. The van der Waals surface area contributed by atoms with Crippen molar-refractivity contribution in [1.29, 1.82) is 0 Å². The van der Waals surface area contributed by atoms with Gasteiger partial charge in [0.05, 0.1) is 11.4 Å². The van der Waals surface area contributed by atoms with Gasteiger partial charge in [0.15, 0.2) is 5.82 Å². The van der Waals surface area contributed by atoms with Crippen molar-refractivity contribution in [3.05, 3.63) is 79.4 Å². The Hall–Kier alpha value is -3.54. The van der Waals surface area contributed by atoms with Crippen LogP contribution in [0.3, 0.4) is 0 Å². The molecule has 0 bridgehead atoms. The Morgan fingerprint density at radius 3 is 2.36 bits per heavy atom. The molecule has 0 spiro atoms. The van der Waals surface area contributed by atoms with Gasteiger partial charge in [0.2, 0.25) is 0 Å². The fourth-order valence-corrected chi connectivity index (χ4v) is 2.48. The molecule has 0 unspecified atom stereocenters. The van der Waals surface area contributed by atoms with Gasteiger partial charge in [-0.15, -0.1) is 0 Å². The van der Waals surface area contributed by atoms with Crippen LogP contribution in [-0.4, -0.2) is 24.9 Å². The Balaban J connectivity index is 1.91. The molecule has 1 aromatic carbocycles. The lowest BCUT2D eigenvalue weighted by Gasteiger charge is -2.10. The summed E-state index contributed by atoms with van der Waals surface area (Å²) in [5.74, 6) is 0.249. The number of rotatable bonds is 3. The minimum absolute atomic E-state index is 0.297. The van der Waals surface area contributed by atoms with Crippen molar-refractivity contribution in [2.75, 3.05) is 0 Å². The van der Waals surface area contributed by atoms with E-state index in [1.54, 1.807) is 43.0 Å². The van der Waals surface area contributed by atoms with Crippen LogP contribution in [0.2, 0.25) is 0 Å². The molecular formula is C19H12FN5. The van der Waals surface area contributed by atoms with Gasteiger partial charge < -0.3 is 0 Å². The molecule has 0 aliphatic rings. The van der Waals surface area contributed by atoms with E-state index in [0.29, 0.717) is 17.2 Å². The van der Waals surface area contributed by atoms with Crippen LogP contribution in [0.5, 0.6) is 0 Å². The SMILES string of the molecule is Fc1ccc(-c2nc(-c3cccnc3)ncc2-c2ccncn2)cc1. The molecule has 3 aromatic heterocycles. The summed E-state index contributed by atoms with van der Waals surface area (Å²) < 4.78 is 13.3. The number of pyridine rings is 1. The van der Waals surface area contributed by atoms with Gasteiger partial charge in [0.25, 0.3) is 0 Å². The second kappa shape index (κ2) is 6.52. The molecule has 0 aliphatic carbocycles. The molecule has 0 saturated heterocycles. The van der Waals surface area contributed by atoms with Gasteiger partial charge >= 0.3 is 0 Å². The van der Waals surface area contributed by atoms with E-state index in [4.69, 9.17) is 0 Å². The number of benzene rings is 1. The minimum Gasteiger partial charge on any atom is -0.264 e. The van der Waals surface area contributed by atoms with Crippen molar-refractivity contribution in [2.45, 2.75) is 0 Å². The average Bonchev–Trinajstić information content (AvgIpc) is 2.69. The van der Waals surface area contributed by atoms with Gasteiger partial charge in [-0.3, -0.25) is 4.98 Å². The molecule has 25 heavy (non-hydrogen) atoms. The topological polar surface area (TPSA) is 64.5 Å². The number of halogens is 1. The first-order valence-corrected chi connectivity index (χ1v) is 7.61. The lowest BCUT2D eigenvalue weighted by Crippen LogP contribution is -1.97. The third-order valence-corrected chi connectivity index (χ3v) is 3.68. The molecule has 0 radical (unpaired) electrons. The molecule has 4 rings (SSSR count). The van der Waals surface area contributed by atoms with Crippen molar-refractivity contribution in [1.82, 2.24) is 24.9 Å². The minimum atomic E-state index is -0.297. The van der Waals surface area contributed by atoms with Crippen molar-refractivity contribution in [3.8, 4) is 33.9 Å². The van der Waals surface area contributed by atoms with Crippen LogP contribution in [0.4, 0.5) is 4.39 Å². The molecule has 5 nitrogen and oxygen atoms in total. The second-order valence-corrected chi connectivity index (χ2v) is 5.30. The standard InChI is InChI=1S/C19H12FN5/c20-15-5-3-13(4-6-15)18-16(17-7-9-22-12-24-17)11-23-19(25-18)14-2-1-8-21-10-14/h1-12H. The monoisotopic (exact) mass is 329 g/mol. The summed E-state index contributed by atoms with van der Waals surface area (Å²) in [4.78, 5) is 21.5. The quantitative estimate of drug-likeness (QED) is 0.572. The molecule has 0 saturated carbocycles. The zero-order chi connectivity index (χ0) is 17.1. The van der Waals surface area contributed by atoms with Gasteiger partial charge in [0, 0.05) is 41.5 Å². The molecule has 4 aromatic rings. The molecule has 3 heterocycles. The fraction of sp³-hybridized carbons (Fsp3) is 0. The first-order valence-electron chi connectivity index (χ1n) is 7.61. The summed E-state index contributed by atoms with van der Waals surface area (Å²) in [5.41, 5.74) is 3.71. The Morgan fingerprint density at radius 2 is 1.64 bits per heavy atom. The van der Waals surface area contributed by atoms with Crippen molar-refractivity contribution < 1.29 is 4.39 Å². The smallest absolute Gasteiger partial charge is 0.161 e. The predicted molar refractivity (Wildman–Crippen MR) is 91.7 cm³/mol. The number of hydrogen-bond acceptors (Lipinski definition) is 5. The first-order chi connectivity index (χ1) is 12.3. The molecule has 0 amide bonds. The maximum absolute atomic E-state index is 13.3. The van der Waals surface area contributed by atoms with Crippen LogP contribution in [0.1, 0.15) is 0 Å². The van der Waals surface area contributed by atoms with Gasteiger partial charge in [-0.1, -0.05) is 0 Å². The van der Waals surface area contributed by atoms with E-state index in [1.807, 2.05) is 12.1 Å². The highest BCUT2D eigenvalue weighted by molar-refractivity contribution is 5.79. The van der Waals surface area contributed by atoms with Gasteiger partial charge in [0.1, 0.15) is 12.1 Å². The van der Waals surface area contributed by atoms with Crippen molar-refractivity contribution in [3.63, 3.8) is 0 Å². The fourth-order valence-electron chi connectivity index (χ4n) is 2.48. The van der Waals surface area contributed by atoms with Gasteiger partial charge in [-0.05, 0) is 42.5 Å². The largest absolute Gasteiger partial charge is 0.264 e. The summed E-state index contributed by atoms with van der Waals surface area (Å²) >= 11 is 0. The van der Waals surface area contributed by atoms with E-state index in [9.17, 15) is 4.39 Å². The molecular weight excluding hydrogens is 317 g/mol. The highest BCUT2D eigenvalue weighted by atomic mass is 19.1. The first kappa shape index (κ1) is 15.0. The second-order valence-electron chi connectivity index (χ2n) is 5.30. The molecule has 0 N–H and O–H groups in total. The molecule has 6 heteroatoms. The maximum Gasteiger partial charge on any atom is 0.161 e. The Morgan fingerprint density at radius 1 is 0.760 bits per heavy atom. The van der Waals surface area contributed by atoms with Crippen LogP contribution < -0.4 is 0 Å². The highest BCUT2D eigenvalue weighted by Gasteiger charge is 2.13. The summed E-state index contributed by atoms with van der Waals surface area (Å²) in [6.45, 7) is 0. The molecule has 0 atom stereocenters. The molecule has 0 aliphatic heterocycles. The van der Waals surface area contributed by atoms with Crippen LogP contribution in [0.25, 0.3) is 33.9 Å². The summed E-state index contributed by atoms with van der Waals surface area (Å²) in [7, 11) is 0. The number of nitrogens with zero attached hydrogens (tertiary/aromatic N) is 5. The van der Waals surface area contributed by atoms with Crippen LogP contribution in [-0.2, 0) is 0 Å². The zero-order valence-electron chi connectivity index (χ0n) is 13.0. The van der Waals surface area contributed by atoms with E-state index < -0.39 is 0 Å². The van der Waals surface area contributed by atoms with Gasteiger partial charge in [-0.2, -0.15) is 0 Å². The summed E-state index contributed by atoms with van der Waals surface area (Å²) in [5, 5.41) is 0. The lowest BCUT2D eigenvalue weighted by molar-refractivity contribution is 0.628.